The summed E-state index contributed by atoms with van der Waals surface area (Å²) in [5.74, 6) is -4.21. The normalized spacial score (nSPS) is 15.0. The van der Waals surface area contributed by atoms with Gasteiger partial charge < -0.3 is 10.2 Å². The van der Waals surface area contributed by atoms with Crippen molar-refractivity contribution in [1.29, 1.82) is 0 Å². The molecule has 0 aromatic heterocycles. The molecule has 2 amide bonds. The number of amides is 2. The standard InChI is InChI=1S/C11H7F2NO8S/c12-11(13,4-15)23(20,21)22-14-8(16)6-2-1-5(10(18)19)3-7(6)9(14)17/h1-3,15H,4H2,(H,18,19). The first kappa shape index (κ1) is 16.9. The minimum atomic E-state index is -5.82. The smallest absolute Gasteiger partial charge is 0.394 e. The van der Waals surface area contributed by atoms with Gasteiger partial charge in [0.05, 0.1) is 16.7 Å². The highest BCUT2D eigenvalue weighted by atomic mass is 32.2. The summed E-state index contributed by atoms with van der Waals surface area (Å²) in [6.45, 7) is -2.12. The van der Waals surface area contributed by atoms with Gasteiger partial charge in [0, 0.05) is 0 Å². The molecule has 0 radical (unpaired) electrons. The van der Waals surface area contributed by atoms with E-state index >= 15 is 0 Å². The summed E-state index contributed by atoms with van der Waals surface area (Å²) < 4.78 is 52.5. The number of carboxylic acid groups (broad SMARTS) is 1. The van der Waals surface area contributed by atoms with Gasteiger partial charge in [0.15, 0.2) is 0 Å². The fraction of sp³-hybridized carbons (Fsp3) is 0.182. The molecule has 0 saturated heterocycles. The van der Waals surface area contributed by atoms with Gasteiger partial charge in [-0.3, -0.25) is 9.59 Å². The van der Waals surface area contributed by atoms with Gasteiger partial charge in [-0.05, 0) is 18.2 Å². The summed E-state index contributed by atoms with van der Waals surface area (Å²) in [7, 11) is -5.82. The summed E-state index contributed by atoms with van der Waals surface area (Å²) >= 11 is 0. The molecule has 0 spiro atoms. The van der Waals surface area contributed by atoms with E-state index in [0.717, 1.165) is 18.2 Å². The first-order chi connectivity index (χ1) is 10.5. The van der Waals surface area contributed by atoms with E-state index in [0.29, 0.717) is 0 Å². The maximum Gasteiger partial charge on any atom is 0.394 e. The van der Waals surface area contributed by atoms with Crippen LogP contribution in [0.4, 0.5) is 8.78 Å². The first-order valence-electron chi connectivity index (χ1n) is 5.71. The number of hydroxylamine groups is 2. The lowest BCUT2D eigenvalue weighted by atomic mass is 10.1. The van der Waals surface area contributed by atoms with E-state index in [-0.39, 0.29) is 5.56 Å². The lowest BCUT2D eigenvalue weighted by Gasteiger charge is -2.17. The van der Waals surface area contributed by atoms with Crippen molar-refractivity contribution in [3.8, 4) is 0 Å². The predicted molar refractivity (Wildman–Crippen MR) is 65.9 cm³/mol. The van der Waals surface area contributed by atoms with Crippen LogP contribution in [0.1, 0.15) is 31.1 Å². The molecule has 124 valence electrons. The molecule has 0 saturated carbocycles. The van der Waals surface area contributed by atoms with Crippen molar-refractivity contribution in [2.24, 2.45) is 0 Å². The Morgan fingerprint density at radius 2 is 1.78 bits per heavy atom. The molecule has 2 rings (SSSR count). The Bertz CT molecular complexity index is 819. The molecule has 0 atom stereocenters. The number of carbonyl (C=O) groups excluding carboxylic acids is 2. The lowest BCUT2D eigenvalue weighted by Crippen LogP contribution is -2.41. The van der Waals surface area contributed by atoms with Crippen LogP contribution in [0.25, 0.3) is 0 Å². The second kappa shape index (κ2) is 5.33. The van der Waals surface area contributed by atoms with E-state index in [4.69, 9.17) is 10.2 Å². The van der Waals surface area contributed by atoms with Crippen LogP contribution in [0.5, 0.6) is 0 Å². The van der Waals surface area contributed by atoms with Gasteiger partial charge in [-0.15, -0.1) is 9.35 Å². The highest BCUT2D eigenvalue weighted by Gasteiger charge is 2.51. The Hall–Kier alpha value is -2.44. The number of halogens is 2. The van der Waals surface area contributed by atoms with Crippen LogP contribution in [0.3, 0.4) is 0 Å². The first-order valence-corrected chi connectivity index (χ1v) is 7.11. The van der Waals surface area contributed by atoms with E-state index in [1.165, 1.54) is 0 Å². The Kier molecular flexibility index (Phi) is 3.92. The molecule has 2 N–H and O–H groups in total. The van der Waals surface area contributed by atoms with Crippen LogP contribution in [0.15, 0.2) is 18.2 Å². The zero-order valence-corrected chi connectivity index (χ0v) is 11.7. The zero-order chi connectivity index (χ0) is 17.6. The van der Waals surface area contributed by atoms with Crippen LogP contribution in [0, 0.1) is 0 Å². The number of carbonyl (C=O) groups is 3. The van der Waals surface area contributed by atoms with Crippen molar-refractivity contribution in [2.75, 3.05) is 6.61 Å². The van der Waals surface area contributed by atoms with Gasteiger partial charge >= 0.3 is 21.3 Å². The summed E-state index contributed by atoms with van der Waals surface area (Å²) in [5, 5.41) is 12.0. The summed E-state index contributed by atoms with van der Waals surface area (Å²) in [6.07, 6.45) is 0. The van der Waals surface area contributed by atoms with E-state index in [1.807, 2.05) is 0 Å². The number of aliphatic hydroxyl groups is 1. The maximum absolute atomic E-state index is 13.0. The van der Waals surface area contributed by atoms with Gasteiger partial charge in [-0.25, -0.2) is 4.79 Å². The van der Waals surface area contributed by atoms with Crippen molar-refractivity contribution in [2.45, 2.75) is 5.25 Å². The predicted octanol–water partition coefficient (Wildman–Crippen LogP) is -0.173. The van der Waals surface area contributed by atoms with Crippen molar-refractivity contribution in [3.05, 3.63) is 34.9 Å². The molecule has 12 heteroatoms. The number of imide groups is 1. The Balaban J connectivity index is 2.40. The van der Waals surface area contributed by atoms with Crippen molar-refractivity contribution >= 4 is 27.9 Å². The van der Waals surface area contributed by atoms with Gasteiger partial charge in [-0.1, -0.05) is 0 Å². The number of aromatic carboxylic acids is 1. The monoisotopic (exact) mass is 351 g/mol. The molecule has 0 aliphatic carbocycles. The van der Waals surface area contributed by atoms with E-state index < -0.39 is 56.0 Å². The third kappa shape index (κ3) is 2.67. The zero-order valence-electron chi connectivity index (χ0n) is 10.9. The molecule has 9 nitrogen and oxygen atoms in total. The maximum atomic E-state index is 13.0. The summed E-state index contributed by atoms with van der Waals surface area (Å²) in [5.41, 5.74) is -1.31. The number of benzene rings is 1. The topological polar surface area (TPSA) is 138 Å². The fourth-order valence-electron chi connectivity index (χ4n) is 1.65. The third-order valence-electron chi connectivity index (χ3n) is 2.82. The second-order valence-electron chi connectivity index (χ2n) is 4.29. The number of carboxylic acids is 1. The summed E-state index contributed by atoms with van der Waals surface area (Å²) in [4.78, 5) is 34.5. The molecule has 1 aromatic carbocycles. The average Bonchev–Trinajstić information content (AvgIpc) is 2.71. The Morgan fingerprint density at radius 1 is 1.22 bits per heavy atom. The van der Waals surface area contributed by atoms with Crippen LogP contribution in [-0.4, -0.2) is 53.3 Å². The molecule has 1 aromatic rings. The largest absolute Gasteiger partial charge is 0.478 e. The van der Waals surface area contributed by atoms with Crippen molar-refractivity contribution in [1.82, 2.24) is 5.06 Å². The van der Waals surface area contributed by atoms with Crippen molar-refractivity contribution in [3.63, 3.8) is 0 Å². The minimum Gasteiger partial charge on any atom is -0.478 e. The average molecular weight is 351 g/mol. The van der Waals surface area contributed by atoms with E-state index in [1.54, 1.807) is 0 Å². The Morgan fingerprint density at radius 3 is 2.30 bits per heavy atom. The molecule has 1 aliphatic rings. The SMILES string of the molecule is O=C(O)c1ccc2c(c1)C(=O)N(OS(=O)(=O)C(F)(F)CO)C2=O. The van der Waals surface area contributed by atoms with Gasteiger partial charge in [0.25, 0.3) is 11.8 Å². The fourth-order valence-corrected chi connectivity index (χ4v) is 2.25. The third-order valence-corrected chi connectivity index (χ3v) is 4.02. The molecule has 1 aliphatic heterocycles. The number of aliphatic hydroxyl groups excluding tert-OH is 1. The number of alkyl halides is 2. The molecule has 23 heavy (non-hydrogen) atoms. The Labute approximate surface area is 126 Å². The van der Waals surface area contributed by atoms with Crippen LogP contribution in [-0.2, 0) is 14.4 Å². The van der Waals surface area contributed by atoms with Crippen molar-refractivity contribution < 1.29 is 46.1 Å². The van der Waals surface area contributed by atoms with Crippen LogP contribution < -0.4 is 0 Å². The minimum absolute atomic E-state index is 0.379. The molecule has 0 fully saturated rings. The molecule has 0 bridgehead atoms. The van der Waals surface area contributed by atoms with Gasteiger partial charge in [0.2, 0.25) is 0 Å². The number of hydrogen-bond acceptors (Lipinski definition) is 7. The number of fused-ring (bicyclic) bond motifs is 1. The number of nitrogens with zero attached hydrogens (tertiary/aromatic N) is 1. The molecule has 1 heterocycles. The molecular formula is C11H7F2NO8S. The van der Waals surface area contributed by atoms with E-state index in [9.17, 15) is 31.6 Å². The number of rotatable bonds is 5. The lowest BCUT2D eigenvalue weighted by molar-refractivity contribution is -0.0352. The highest BCUT2D eigenvalue weighted by Crippen LogP contribution is 2.29. The van der Waals surface area contributed by atoms with E-state index in [2.05, 4.69) is 4.28 Å². The highest BCUT2D eigenvalue weighted by molar-refractivity contribution is 7.87. The quantitative estimate of drug-likeness (QED) is 0.697. The van der Waals surface area contributed by atoms with Crippen LogP contribution >= 0.6 is 0 Å². The van der Waals surface area contributed by atoms with Gasteiger partial charge in [0.1, 0.15) is 6.61 Å². The number of hydrogen-bond donors (Lipinski definition) is 2. The van der Waals surface area contributed by atoms with Gasteiger partial charge in [-0.2, -0.15) is 17.2 Å². The molecule has 0 unspecified atom stereocenters. The second-order valence-corrected chi connectivity index (χ2v) is 5.95. The summed E-state index contributed by atoms with van der Waals surface area (Å²) in [6, 6.07) is 2.66. The van der Waals surface area contributed by atoms with Crippen LogP contribution in [0.2, 0.25) is 0 Å². The molecular weight excluding hydrogens is 344 g/mol.